The summed E-state index contributed by atoms with van der Waals surface area (Å²) in [5, 5.41) is 6.80. The third kappa shape index (κ3) is 3.82. The first-order chi connectivity index (χ1) is 14.0. The highest BCUT2D eigenvalue weighted by molar-refractivity contribution is 5.98. The van der Waals surface area contributed by atoms with Crippen LogP contribution in [0.4, 0.5) is 11.4 Å². The minimum absolute atomic E-state index is 0.0450. The van der Waals surface area contributed by atoms with E-state index >= 15 is 0 Å². The first kappa shape index (κ1) is 18.7. The number of rotatable bonds is 5. The molecule has 0 saturated heterocycles. The fraction of sp³-hybridized carbons (Fsp3) is 0.238. The molecule has 1 aliphatic heterocycles. The van der Waals surface area contributed by atoms with Crippen LogP contribution >= 0.6 is 0 Å². The lowest BCUT2D eigenvalue weighted by Crippen LogP contribution is -2.39. The van der Waals surface area contributed by atoms with Crippen molar-refractivity contribution in [2.75, 3.05) is 23.4 Å². The minimum atomic E-state index is -0.157. The van der Waals surface area contributed by atoms with Gasteiger partial charge in [-0.05, 0) is 42.8 Å². The van der Waals surface area contributed by atoms with Crippen molar-refractivity contribution < 1.29 is 18.8 Å². The number of hydrogen-bond acceptors (Lipinski definition) is 6. The first-order valence-electron chi connectivity index (χ1n) is 9.34. The fourth-order valence-corrected chi connectivity index (χ4v) is 3.20. The fourth-order valence-electron chi connectivity index (χ4n) is 3.20. The lowest BCUT2D eigenvalue weighted by molar-refractivity contribution is -0.121. The molecule has 148 valence electrons. The maximum Gasteiger partial charge on any atom is 0.265 e. The van der Waals surface area contributed by atoms with E-state index in [-0.39, 0.29) is 18.4 Å². The van der Waals surface area contributed by atoms with Crippen molar-refractivity contribution in [2.45, 2.75) is 20.3 Å². The number of benzene rings is 2. The Morgan fingerprint density at radius 2 is 2.07 bits per heavy atom. The quantitative estimate of drug-likeness (QED) is 0.714. The summed E-state index contributed by atoms with van der Waals surface area (Å²) in [6.07, 6.45) is 0.840. The molecule has 0 spiro atoms. The summed E-state index contributed by atoms with van der Waals surface area (Å²) >= 11 is 0. The van der Waals surface area contributed by atoms with Crippen LogP contribution in [-0.2, 0) is 9.59 Å². The number of anilines is 2. The second-order valence-electron chi connectivity index (χ2n) is 6.70. The van der Waals surface area contributed by atoms with Crippen LogP contribution in [0.25, 0.3) is 22.8 Å². The molecule has 8 nitrogen and oxygen atoms in total. The molecule has 0 aliphatic carbocycles. The Kier molecular flexibility index (Phi) is 4.99. The topological polar surface area (TPSA) is 97.6 Å². The molecule has 4 rings (SSSR count). The minimum Gasteiger partial charge on any atom is -0.482 e. The largest absolute Gasteiger partial charge is 0.482 e. The third-order valence-corrected chi connectivity index (χ3v) is 4.46. The van der Waals surface area contributed by atoms with E-state index in [9.17, 15) is 9.59 Å². The summed E-state index contributed by atoms with van der Waals surface area (Å²) in [4.78, 5) is 29.7. The molecule has 2 amide bonds. The third-order valence-electron chi connectivity index (χ3n) is 4.46. The zero-order valence-corrected chi connectivity index (χ0v) is 16.1. The molecule has 0 atom stereocenters. The molecule has 1 N–H and O–H groups in total. The highest BCUT2D eigenvalue weighted by atomic mass is 16.5. The van der Waals surface area contributed by atoms with Crippen molar-refractivity contribution in [3.05, 3.63) is 42.5 Å². The van der Waals surface area contributed by atoms with Gasteiger partial charge in [-0.3, -0.25) is 9.59 Å². The number of carbonyl (C=O) groups excluding carboxylic acids is 2. The predicted molar refractivity (Wildman–Crippen MR) is 108 cm³/mol. The Hall–Kier alpha value is -3.68. The summed E-state index contributed by atoms with van der Waals surface area (Å²) in [6, 6.07) is 12.7. The van der Waals surface area contributed by atoms with E-state index in [4.69, 9.17) is 9.26 Å². The lowest BCUT2D eigenvalue weighted by Gasteiger charge is -2.29. The van der Waals surface area contributed by atoms with Crippen LogP contribution in [0.15, 0.2) is 47.0 Å². The Bertz CT molecular complexity index is 1080. The maximum absolute atomic E-state index is 12.2. The summed E-state index contributed by atoms with van der Waals surface area (Å²) in [6.45, 7) is 4.13. The molecule has 0 radical (unpaired) electrons. The van der Waals surface area contributed by atoms with Crippen LogP contribution < -0.4 is 15.0 Å². The van der Waals surface area contributed by atoms with Gasteiger partial charge in [-0.1, -0.05) is 18.1 Å². The number of carbonyl (C=O) groups is 2. The van der Waals surface area contributed by atoms with Crippen molar-refractivity contribution in [1.29, 1.82) is 0 Å². The monoisotopic (exact) mass is 392 g/mol. The molecule has 1 aromatic heterocycles. The van der Waals surface area contributed by atoms with Crippen molar-refractivity contribution >= 4 is 23.2 Å². The molecule has 0 saturated carbocycles. The van der Waals surface area contributed by atoms with Gasteiger partial charge in [0.05, 0.1) is 5.69 Å². The molecule has 8 heteroatoms. The van der Waals surface area contributed by atoms with Gasteiger partial charge in [0.15, 0.2) is 6.61 Å². The molecule has 0 bridgehead atoms. The molecule has 29 heavy (non-hydrogen) atoms. The van der Waals surface area contributed by atoms with Gasteiger partial charge in [-0.2, -0.15) is 4.98 Å². The molecule has 0 fully saturated rings. The van der Waals surface area contributed by atoms with Gasteiger partial charge < -0.3 is 19.5 Å². The van der Waals surface area contributed by atoms with Gasteiger partial charge in [-0.25, -0.2) is 0 Å². The van der Waals surface area contributed by atoms with Crippen LogP contribution in [0.3, 0.4) is 0 Å². The zero-order valence-electron chi connectivity index (χ0n) is 16.1. The number of fused-ring (bicyclic) bond motifs is 1. The highest BCUT2D eigenvalue weighted by Gasteiger charge is 2.26. The van der Waals surface area contributed by atoms with Crippen LogP contribution in [0.2, 0.25) is 0 Å². The van der Waals surface area contributed by atoms with Crippen LogP contribution in [0.1, 0.15) is 20.3 Å². The summed E-state index contributed by atoms with van der Waals surface area (Å²) < 4.78 is 11.0. The van der Waals surface area contributed by atoms with Crippen molar-refractivity contribution in [1.82, 2.24) is 10.1 Å². The standard InChI is InChI=1S/C21H20N4O4/c1-3-9-25-17-11-14(7-8-18(17)28-12-19(25)27)20-23-21(29-24-20)15-5-4-6-16(10-15)22-13(2)26/h4-8,10-11H,3,9,12H2,1-2H3,(H,22,26). The van der Waals surface area contributed by atoms with Crippen molar-refractivity contribution in [3.8, 4) is 28.6 Å². The van der Waals surface area contributed by atoms with Crippen LogP contribution in [0.5, 0.6) is 5.75 Å². The number of aromatic nitrogens is 2. The Morgan fingerprint density at radius 1 is 1.21 bits per heavy atom. The van der Waals surface area contributed by atoms with E-state index in [1.807, 2.05) is 31.2 Å². The lowest BCUT2D eigenvalue weighted by atomic mass is 10.1. The zero-order chi connectivity index (χ0) is 20.4. The van der Waals surface area contributed by atoms with Crippen molar-refractivity contribution in [2.24, 2.45) is 0 Å². The molecular weight excluding hydrogens is 372 g/mol. The van der Waals surface area contributed by atoms with Gasteiger partial charge >= 0.3 is 0 Å². The van der Waals surface area contributed by atoms with Gasteiger partial charge in [-0.15, -0.1) is 0 Å². The molecular formula is C21H20N4O4. The first-order valence-corrected chi connectivity index (χ1v) is 9.34. The number of amides is 2. The van der Waals surface area contributed by atoms with E-state index in [1.165, 1.54) is 6.92 Å². The predicted octanol–water partition coefficient (Wildman–Crippen LogP) is 3.50. The van der Waals surface area contributed by atoms with Crippen LogP contribution in [-0.4, -0.2) is 35.1 Å². The average molecular weight is 392 g/mol. The number of ether oxygens (including phenoxy) is 1. The number of nitrogens with one attached hydrogen (secondary N) is 1. The molecule has 1 aliphatic rings. The highest BCUT2D eigenvalue weighted by Crippen LogP contribution is 2.36. The Morgan fingerprint density at radius 3 is 2.86 bits per heavy atom. The van der Waals surface area contributed by atoms with Crippen molar-refractivity contribution in [3.63, 3.8) is 0 Å². The van der Waals surface area contributed by atoms with Crippen LogP contribution in [0, 0.1) is 0 Å². The second kappa shape index (κ2) is 7.75. The van der Waals surface area contributed by atoms with E-state index in [2.05, 4.69) is 15.5 Å². The Balaban J connectivity index is 1.65. The van der Waals surface area contributed by atoms with E-state index < -0.39 is 0 Å². The maximum atomic E-state index is 12.2. The normalized spacial score (nSPS) is 13.0. The smallest absolute Gasteiger partial charge is 0.265 e. The number of nitrogens with zero attached hydrogens (tertiary/aromatic N) is 3. The summed E-state index contributed by atoms with van der Waals surface area (Å²) in [5.74, 6) is 1.18. The van der Waals surface area contributed by atoms with E-state index in [1.54, 1.807) is 23.1 Å². The summed E-state index contributed by atoms with van der Waals surface area (Å²) in [7, 11) is 0. The van der Waals surface area contributed by atoms with E-state index in [0.29, 0.717) is 40.9 Å². The summed E-state index contributed by atoms with van der Waals surface area (Å²) in [5.41, 5.74) is 2.77. The molecule has 2 heterocycles. The van der Waals surface area contributed by atoms with Gasteiger partial charge in [0.25, 0.3) is 11.8 Å². The average Bonchev–Trinajstić information content (AvgIpc) is 3.20. The second-order valence-corrected chi connectivity index (χ2v) is 6.70. The number of hydrogen-bond donors (Lipinski definition) is 1. The SMILES string of the molecule is CCCN1C(=O)COc2ccc(-c3noc(-c4cccc(NC(C)=O)c4)n3)cc21. The molecule has 3 aromatic rings. The molecule has 0 unspecified atom stereocenters. The Labute approximate surface area is 167 Å². The molecule has 2 aromatic carbocycles. The van der Waals surface area contributed by atoms with Gasteiger partial charge in [0.1, 0.15) is 5.75 Å². The van der Waals surface area contributed by atoms with Gasteiger partial charge in [0.2, 0.25) is 11.7 Å². The van der Waals surface area contributed by atoms with Gasteiger partial charge in [0, 0.05) is 30.3 Å². The van der Waals surface area contributed by atoms with E-state index in [0.717, 1.165) is 12.0 Å².